The lowest BCUT2D eigenvalue weighted by Crippen LogP contribution is -2.46. The molecule has 4 rings (SSSR count). The van der Waals surface area contributed by atoms with E-state index in [0.29, 0.717) is 0 Å². The number of fused-ring (bicyclic) bond motifs is 1. The molecule has 0 atom stereocenters. The number of anilines is 2. The minimum atomic E-state index is 0.946. The van der Waals surface area contributed by atoms with Crippen LogP contribution in [0.15, 0.2) is 55.0 Å². The molecule has 22 heavy (non-hydrogen) atoms. The number of pyridine rings is 1. The van der Waals surface area contributed by atoms with E-state index < -0.39 is 0 Å². The van der Waals surface area contributed by atoms with E-state index in [4.69, 9.17) is 4.98 Å². The van der Waals surface area contributed by atoms with Crippen molar-refractivity contribution < 1.29 is 0 Å². The molecule has 1 saturated heterocycles. The van der Waals surface area contributed by atoms with Crippen molar-refractivity contribution in [2.45, 2.75) is 0 Å². The lowest BCUT2D eigenvalue weighted by Gasteiger charge is -2.36. The molecule has 2 aromatic heterocycles. The Morgan fingerprint density at radius 3 is 2.23 bits per heavy atom. The maximum absolute atomic E-state index is 4.73. The first kappa shape index (κ1) is 13.0. The van der Waals surface area contributed by atoms with Gasteiger partial charge in [0.25, 0.3) is 0 Å². The minimum absolute atomic E-state index is 0.946. The van der Waals surface area contributed by atoms with Gasteiger partial charge in [-0.2, -0.15) is 0 Å². The topological polar surface area (TPSA) is 45.2 Å². The number of benzene rings is 1. The lowest BCUT2D eigenvalue weighted by molar-refractivity contribution is 0.647. The van der Waals surface area contributed by atoms with Crippen LogP contribution in [0.3, 0.4) is 0 Å². The number of rotatable bonds is 2. The van der Waals surface area contributed by atoms with Crippen molar-refractivity contribution in [3.8, 4) is 0 Å². The smallest absolute Gasteiger partial charge is 0.147 e. The third-order valence-corrected chi connectivity index (χ3v) is 4.07. The second-order valence-corrected chi connectivity index (χ2v) is 5.40. The molecule has 0 spiro atoms. The molecule has 0 unspecified atom stereocenters. The Kier molecular flexibility index (Phi) is 3.31. The van der Waals surface area contributed by atoms with Gasteiger partial charge in [0.2, 0.25) is 0 Å². The van der Waals surface area contributed by atoms with Crippen LogP contribution in [0, 0.1) is 0 Å². The monoisotopic (exact) mass is 291 g/mol. The zero-order valence-electron chi connectivity index (χ0n) is 12.3. The number of aromatic nitrogens is 3. The number of para-hydroxylation sites is 2. The molecule has 5 nitrogen and oxygen atoms in total. The molecule has 110 valence electrons. The van der Waals surface area contributed by atoms with Crippen molar-refractivity contribution in [2.24, 2.45) is 0 Å². The molecule has 3 heterocycles. The van der Waals surface area contributed by atoms with Gasteiger partial charge in [0.15, 0.2) is 0 Å². The summed E-state index contributed by atoms with van der Waals surface area (Å²) in [6.07, 6.45) is 5.57. The minimum Gasteiger partial charge on any atom is -0.368 e. The van der Waals surface area contributed by atoms with Gasteiger partial charge in [-0.1, -0.05) is 12.1 Å². The SMILES string of the molecule is c1ccc2nc(N3CCN(c4ccncc4)CC3)cnc2c1. The summed E-state index contributed by atoms with van der Waals surface area (Å²) in [5, 5.41) is 0. The van der Waals surface area contributed by atoms with Crippen LogP contribution in [0.1, 0.15) is 0 Å². The van der Waals surface area contributed by atoms with Gasteiger partial charge in [-0.05, 0) is 24.3 Å². The molecule has 1 aromatic carbocycles. The summed E-state index contributed by atoms with van der Waals surface area (Å²) in [6.45, 7) is 3.88. The summed E-state index contributed by atoms with van der Waals surface area (Å²) in [6, 6.07) is 12.1. The van der Waals surface area contributed by atoms with Crippen LogP contribution in [0.2, 0.25) is 0 Å². The quantitative estimate of drug-likeness (QED) is 0.725. The molecule has 1 fully saturated rings. The summed E-state index contributed by atoms with van der Waals surface area (Å²) >= 11 is 0. The molecule has 3 aromatic rings. The van der Waals surface area contributed by atoms with E-state index in [2.05, 4.69) is 31.9 Å². The van der Waals surface area contributed by atoms with Crippen LogP contribution in [0.5, 0.6) is 0 Å². The summed E-state index contributed by atoms with van der Waals surface area (Å²) in [5.74, 6) is 0.966. The van der Waals surface area contributed by atoms with E-state index in [9.17, 15) is 0 Å². The average molecular weight is 291 g/mol. The first-order valence-corrected chi connectivity index (χ1v) is 7.52. The van der Waals surface area contributed by atoms with E-state index in [-0.39, 0.29) is 0 Å². The molecule has 0 saturated carbocycles. The van der Waals surface area contributed by atoms with Crippen LogP contribution in [-0.4, -0.2) is 41.1 Å². The number of nitrogens with zero attached hydrogens (tertiary/aromatic N) is 5. The molecule has 1 aliphatic heterocycles. The van der Waals surface area contributed by atoms with Gasteiger partial charge in [-0.3, -0.25) is 9.97 Å². The molecule has 0 amide bonds. The lowest BCUT2D eigenvalue weighted by atomic mass is 10.2. The van der Waals surface area contributed by atoms with Gasteiger partial charge >= 0.3 is 0 Å². The first-order valence-electron chi connectivity index (χ1n) is 7.52. The largest absolute Gasteiger partial charge is 0.368 e. The highest BCUT2D eigenvalue weighted by atomic mass is 15.3. The standard InChI is InChI=1S/C17H17N5/c1-2-4-16-15(3-1)19-13-17(20-16)22-11-9-21(10-12-22)14-5-7-18-8-6-14/h1-8,13H,9-12H2. The van der Waals surface area contributed by atoms with Crippen LogP contribution >= 0.6 is 0 Å². The Morgan fingerprint density at radius 2 is 1.45 bits per heavy atom. The summed E-state index contributed by atoms with van der Waals surface area (Å²) in [5.41, 5.74) is 3.14. The second kappa shape index (κ2) is 5.60. The fourth-order valence-corrected chi connectivity index (χ4v) is 2.85. The second-order valence-electron chi connectivity index (χ2n) is 5.40. The van der Waals surface area contributed by atoms with Gasteiger partial charge in [0.05, 0.1) is 17.2 Å². The highest BCUT2D eigenvalue weighted by Crippen LogP contribution is 2.19. The van der Waals surface area contributed by atoms with Gasteiger partial charge in [0.1, 0.15) is 5.82 Å². The maximum Gasteiger partial charge on any atom is 0.147 e. The van der Waals surface area contributed by atoms with Crippen LogP contribution < -0.4 is 9.80 Å². The molecule has 1 aliphatic rings. The predicted octanol–water partition coefficient (Wildman–Crippen LogP) is 2.35. The third-order valence-electron chi connectivity index (χ3n) is 4.07. The fourth-order valence-electron chi connectivity index (χ4n) is 2.85. The molecule has 0 aliphatic carbocycles. The van der Waals surface area contributed by atoms with Crippen molar-refractivity contribution in [3.63, 3.8) is 0 Å². The molecular weight excluding hydrogens is 274 g/mol. The Balaban J connectivity index is 1.50. The first-order chi connectivity index (χ1) is 10.9. The number of hydrogen-bond donors (Lipinski definition) is 0. The van der Waals surface area contributed by atoms with Crippen LogP contribution in [-0.2, 0) is 0 Å². The Hall–Kier alpha value is -2.69. The van der Waals surface area contributed by atoms with Gasteiger partial charge in [-0.15, -0.1) is 0 Å². The van der Waals surface area contributed by atoms with Gasteiger partial charge < -0.3 is 9.80 Å². The van der Waals surface area contributed by atoms with Crippen molar-refractivity contribution in [2.75, 3.05) is 36.0 Å². The van der Waals surface area contributed by atoms with Crippen molar-refractivity contribution in [3.05, 3.63) is 55.0 Å². The van der Waals surface area contributed by atoms with E-state index in [1.807, 2.05) is 42.9 Å². The molecule has 5 heteroatoms. The molecular formula is C17H17N5. The highest BCUT2D eigenvalue weighted by Gasteiger charge is 2.18. The summed E-state index contributed by atoms with van der Waals surface area (Å²) in [7, 11) is 0. The zero-order valence-corrected chi connectivity index (χ0v) is 12.3. The third kappa shape index (κ3) is 2.45. The maximum atomic E-state index is 4.73. The zero-order chi connectivity index (χ0) is 14.8. The summed E-state index contributed by atoms with van der Waals surface area (Å²) < 4.78 is 0. The van der Waals surface area contributed by atoms with Crippen molar-refractivity contribution >= 4 is 22.5 Å². The Labute approximate surface area is 129 Å². The average Bonchev–Trinajstić information content (AvgIpc) is 2.62. The van der Waals surface area contributed by atoms with E-state index >= 15 is 0 Å². The molecule has 0 bridgehead atoms. The van der Waals surface area contributed by atoms with Crippen LogP contribution in [0.4, 0.5) is 11.5 Å². The van der Waals surface area contributed by atoms with Crippen molar-refractivity contribution in [1.29, 1.82) is 0 Å². The van der Waals surface area contributed by atoms with Crippen molar-refractivity contribution in [1.82, 2.24) is 15.0 Å². The fraction of sp³-hybridized carbons (Fsp3) is 0.235. The highest BCUT2D eigenvalue weighted by molar-refractivity contribution is 5.75. The Morgan fingerprint density at radius 1 is 0.773 bits per heavy atom. The normalized spacial score (nSPS) is 15.3. The number of piperazine rings is 1. The van der Waals surface area contributed by atoms with E-state index in [0.717, 1.165) is 43.0 Å². The predicted molar refractivity (Wildman–Crippen MR) is 88.2 cm³/mol. The molecule has 0 N–H and O–H groups in total. The molecule has 0 radical (unpaired) electrons. The number of hydrogen-bond acceptors (Lipinski definition) is 5. The van der Waals surface area contributed by atoms with Gasteiger partial charge in [0, 0.05) is 44.3 Å². The Bertz CT molecular complexity index is 766. The van der Waals surface area contributed by atoms with Crippen LogP contribution in [0.25, 0.3) is 11.0 Å². The van der Waals surface area contributed by atoms with E-state index in [1.54, 1.807) is 0 Å². The van der Waals surface area contributed by atoms with Gasteiger partial charge in [-0.25, -0.2) is 4.98 Å². The summed E-state index contributed by atoms with van der Waals surface area (Å²) in [4.78, 5) is 18.0. The van der Waals surface area contributed by atoms with E-state index in [1.165, 1.54) is 5.69 Å².